The number of likely N-dealkylation sites (tertiary alicyclic amines) is 1. The first kappa shape index (κ1) is 21.6. The molecule has 1 aliphatic heterocycles. The summed E-state index contributed by atoms with van der Waals surface area (Å²) in [5.41, 5.74) is 3.93. The maximum absolute atomic E-state index is 12.4. The number of aromatic nitrogens is 1. The lowest BCUT2D eigenvalue weighted by molar-refractivity contribution is -0.128. The zero-order valence-corrected chi connectivity index (χ0v) is 18.4. The van der Waals surface area contributed by atoms with E-state index < -0.39 is 5.97 Å². The third kappa shape index (κ3) is 5.30. The van der Waals surface area contributed by atoms with Gasteiger partial charge in [-0.15, -0.1) is 11.3 Å². The summed E-state index contributed by atoms with van der Waals surface area (Å²) in [5, 5.41) is 14.1. The first-order chi connectivity index (χ1) is 14.0. The predicted octanol–water partition coefficient (Wildman–Crippen LogP) is 4.16. The number of para-hydroxylation sites is 1. The SMILES string of the molecule is CCc1cccc(CC)c1NC[C@H]1CCC(=O)N1CCSc1nc(C(=O)O)cs1. The van der Waals surface area contributed by atoms with E-state index >= 15 is 0 Å². The molecule has 6 nitrogen and oxygen atoms in total. The molecule has 1 aromatic heterocycles. The lowest BCUT2D eigenvalue weighted by Gasteiger charge is -2.26. The number of thioether (sulfide) groups is 1. The number of hydrogen-bond donors (Lipinski definition) is 2. The number of carboxylic acids is 1. The minimum atomic E-state index is -1.01. The van der Waals surface area contributed by atoms with E-state index in [1.165, 1.54) is 39.9 Å². The zero-order valence-electron chi connectivity index (χ0n) is 16.8. The van der Waals surface area contributed by atoms with Gasteiger partial charge in [-0.1, -0.05) is 43.8 Å². The van der Waals surface area contributed by atoms with Crippen LogP contribution in [0.4, 0.5) is 5.69 Å². The molecule has 2 aromatic rings. The van der Waals surface area contributed by atoms with Gasteiger partial charge in [0.2, 0.25) is 5.91 Å². The molecule has 2 N–H and O–H groups in total. The summed E-state index contributed by atoms with van der Waals surface area (Å²) in [6.07, 6.45) is 3.42. The summed E-state index contributed by atoms with van der Waals surface area (Å²) >= 11 is 2.84. The fraction of sp³-hybridized carbons (Fsp3) is 0.476. The number of nitrogens with one attached hydrogen (secondary N) is 1. The van der Waals surface area contributed by atoms with Gasteiger partial charge in [0.15, 0.2) is 10.0 Å². The van der Waals surface area contributed by atoms with Crippen molar-refractivity contribution in [2.45, 2.75) is 49.9 Å². The number of rotatable bonds is 10. The Hall–Kier alpha value is -2.06. The number of carbonyl (C=O) groups excluding carboxylic acids is 1. The van der Waals surface area contributed by atoms with Gasteiger partial charge in [-0.25, -0.2) is 9.78 Å². The van der Waals surface area contributed by atoms with Crippen molar-refractivity contribution in [2.24, 2.45) is 0 Å². The third-order valence-electron chi connectivity index (χ3n) is 5.23. The number of hydrogen-bond acceptors (Lipinski definition) is 6. The number of aryl methyl sites for hydroxylation is 2. The van der Waals surface area contributed by atoms with Gasteiger partial charge in [0.1, 0.15) is 0 Å². The van der Waals surface area contributed by atoms with Crippen molar-refractivity contribution < 1.29 is 14.7 Å². The van der Waals surface area contributed by atoms with Gasteiger partial charge in [-0.05, 0) is 30.4 Å². The Labute approximate surface area is 179 Å². The van der Waals surface area contributed by atoms with Crippen molar-refractivity contribution in [3.63, 3.8) is 0 Å². The molecule has 1 atom stereocenters. The van der Waals surface area contributed by atoms with Crippen LogP contribution in [-0.4, -0.2) is 51.8 Å². The maximum atomic E-state index is 12.4. The van der Waals surface area contributed by atoms with Gasteiger partial charge >= 0.3 is 5.97 Å². The Bertz CT molecular complexity index is 846. The number of carboxylic acid groups (broad SMARTS) is 1. The second-order valence-corrected chi connectivity index (χ2v) is 9.17. The number of benzene rings is 1. The van der Waals surface area contributed by atoms with Crippen molar-refractivity contribution >= 4 is 40.7 Å². The minimum absolute atomic E-state index is 0.0816. The number of aromatic carboxylic acids is 1. The maximum Gasteiger partial charge on any atom is 0.355 e. The summed E-state index contributed by atoms with van der Waals surface area (Å²) in [4.78, 5) is 29.4. The van der Waals surface area contributed by atoms with E-state index in [2.05, 4.69) is 42.3 Å². The largest absolute Gasteiger partial charge is 0.476 e. The van der Waals surface area contributed by atoms with E-state index in [4.69, 9.17) is 5.11 Å². The standard InChI is InChI=1S/C21H27N3O3S2/c1-3-14-6-5-7-15(4-2)19(14)22-12-16-8-9-18(25)24(16)10-11-28-21-23-17(13-29-21)20(26)27/h5-7,13,16,22H,3-4,8-12H2,1-2H3,(H,26,27)/t16-/m1/s1. The Balaban J connectivity index is 1.57. The van der Waals surface area contributed by atoms with E-state index in [1.807, 2.05) is 4.90 Å². The Morgan fingerprint density at radius 2 is 2.07 bits per heavy atom. The van der Waals surface area contributed by atoms with Crippen molar-refractivity contribution in [1.29, 1.82) is 0 Å². The van der Waals surface area contributed by atoms with Crippen LogP contribution >= 0.6 is 23.1 Å². The highest BCUT2D eigenvalue weighted by Gasteiger charge is 2.30. The second-order valence-electron chi connectivity index (χ2n) is 6.97. The normalized spacial score (nSPS) is 16.4. The second kappa shape index (κ2) is 10.1. The minimum Gasteiger partial charge on any atom is -0.476 e. The van der Waals surface area contributed by atoms with Crippen molar-refractivity contribution in [1.82, 2.24) is 9.88 Å². The van der Waals surface area contributed by atoms with Crippen LogP contribution in [0.2, 0.25) is 0 Å². The van der Waals surface area contributed by atoms with E-state index in [0.717, 1.165) is 30.1 Å². The van der Waals surface area contributed by atoms with Crippen LogP contribution in [0.5, 0.6) is 0 Å². The Morgan fingerprint density at radius 1 is 1.34 bits per heavy atom. The fourth-order valence-electron chi connectivity index (χ4n) is 3.66. The van der Waals surface area contributed by atoms with Crippen molar-refractivity contribution in [3.05, 3.63) is 40.4 Å². The van der Waals surface area contributed by atoms with Crippen LogP contribution in [0.3, 0.4) is 0 Å². The highest BCUT2D eigenvalue weighted by atomic mass is 32.2. The monoisotopic (exact) mass is 433 g/mol. The molecule has 1 aromatic carbocycles. The first-order valence-electron chi connectivity index (χ1n) is 9.99. The Kier molecular flexibility index (Phi) is 7.55. The van der Waals surface area contributed by atoms with E-state index in [-0.39, 0.29) is 17.6 Å². The summed E-state index contributed by atoms with van der Waals surface area (Å²) < 4.78 is 0.730. The first-order valence-corrected chi connectivity index (χ1v) is 11.9. The van der Waals surface area contributed by atoms with E-state index in [0.29, 0.717) is 18.7 Å². The van der Waals surface area contributed by atoms with Crippen LogP contribution in [0.15, 0.2) is 27.9 Å². The summed E-state index contributed by atoms with van der Waals surface area (Å²) in [6, 6.07) is 6.62. The highest BCUT2D eigenvalue weighted by molar-refractivity contribution is 8.01. The Morgan fingerprint density at radius 3 is 2.69 bits per heavy atom. The van der Waals surface area contributed by atoms with Gasteiger partial charge < -0.3 is 15.3 Å². The van der Waals surface area contributed by atoms with Gasteiger partial charge in [-0.3, -0.25) is 4.79 Å². The molecule has 1 saturated heterocycles. The number of anilines is 1. The van der Waals surface area contributed by atoms with Crippen LogP contribution in [0, 0.1) is 0 Å². The zero-order chi connectivity index (χ0) is 20.8. The molecule has 1 amide bonds. The molecule has 0 aliphatic carbocycles. The summed E-state index contributed by atoms with van der Waals surface area (Å²) in [6.45, 7) is 5.72. The smallest absolute Gasteiger partial charge is 0.355 e. The summed E-state index contributed by atoms with van der Waals surface area (Å²) in [7, 11) is 0. The quantitative estimate of drug-likeness (QED) is 0.548. The third-order valence-corrected chi connectivity index (χ3v) is 7.23. The van der Waals surface area contributed by atoms with Gasteiger partial charge in [0.25, 0.3) is 0 Å². The molecule has 8 heteroatoms. The lowest BCUT2D eigenvalue weighted by Crippen LogP contribution is -2.39. The van der Waals surface area contributed by atoms with Gasteiger partial charge in [-0.2, -0.15) is 0 Å². The predicted molar refractivity (Wildman–Crippen MR) is 118 cm³/mol. The van der Waals surface area contributed by atoms with Crippen LogP contribution in [0.1, 0.15) is 48.3 Å². The fourth-order valence-corrected chi connectivity index (χ4v) is 5.46. The molecule has 0 bridgehead atoms. The molecule has 1 fully saturated rings. The van der Waals surface area contributed by atoms with Gasteiger partial charge in [0, 0.05) is 42.4 Å². The molecule has 2 heterocycles. The molecule has 3 rings (SSSR count). The van der Waals surface area contributed by atoms with Crippen LogP contribution in [-0.2, 0) is 17.6 Å². The topological polar surface area (TPSA) is 82.5 Å². The van der Waals surface area contributed by atoms with Crippen molar-refractivity contribution in [3.8, 4) is 0 Å². The number of amides is 1. The highest BCUT2D eigenvalue weighted by Crippen LogP contribution is 2.27. The lowest BCUT2D eigenvalue weighted by atomic mass is 10.0. The molecular weight excluding hydrogens is 406 g/mol. The molecule has 0 saturated carbocycles. The molecule has 0 spiro atoms. The molecule has 0 unspecified atom stereocenters. The molecule has 1 aliphatic rings. The van der Waals surface area contributed by atoms with Crippen molar-refractivity contribution in [2.75, 3.05) is 24.2 Å². The van der Waals surface area contributed by atoms with Gasteiger partial charge in [0.05, 0.1) is 0 Å². The average Bonchev–Trinajstić information content (AvgIpc) is 3.33. The average molecular weight is 434 g/mol. The van der Waals surface area contributed by atoms with Crippen LogP contribution < -0.4 is 5.32 Å². The number of nitrogens with zero attached hydrogens (tertiary/aromatic N) is 2. The van der Waals surface area contributed by atoms with E-state index in [1.54, 1.807) is 5.38 Å². The van der Waals surface area contributed by atoms with Crippen LogP contribution in [0.25, 0.3) is 0 Å². The molecule has 156 valence electrons. The molecular formula is C21H27N3O3S2. The molecule has 0 radical (unpaired) electrons. The summed E-state index contributed by atoms with van der Waals surface area (Å²) in [5.74, 6) is -0.101. The number of thiazole rings is 1. The van der Waals surface area contributed by atoms with E-state index in [9.17, 15) is 9.59 Å². The number of carbonyl (C=O) groups is 2. The molecule has 29 heavy (non-hydrogen) atoms.